The van der Waals surface area contributed by atoms with Crippen LogP contribution in [0.5, 0.6) is 17.2 Å². The highest BCUT2D eigenvalue weighted by molar-refractivity contribution is 5.95. The van der Waals surface area contributed by atoms with E-state index in [-0.39, 0.29) is 22.8 Å². The van der Waals surface area contributed by atoms with Crippen LogP contribution >= 0.6 is 0 Å². The summed E-state index contributed by atoms with van der Waals surface area (Å²) >= 11 is 0. The van der Waals surface area contributed by atoms with Gasteiger partial charge in [0.1, 0.15) is 5.56 Å². The molecule has 0 atom stereocenters. The van der Waals surface area contributed by atoms with Crippen molar-refractivity contribution in [2.24, 2.45) is 0 Å². The molecule has 1 aromatic carbocycles. The van der Waals surface area contributed by atoms with Crippen molar-refractivity contribution in [2.45, 2.75) is 0 Å². The van der Waals surface area contributed by atoms with Crippen LogP contribution in [0.3, 0.4) is 0 Å². The molecule has 1 rings (SSSR count). The molecule has 0 spiro atoms. The fraction of sp³-hybridized carbons (Fsp3) is 0.364. The molecule has 0 aliphatic heterocycles. The monoisotopic (exact) mass is 271 g/mol. The molecule has 0 saturated carbocycles. The van der Waals surface area contributed by atoms with Gasteiger partial charge in [-0.15, -0.1) is 0 Å². The first-order valence-corrected chi connectivity index (χ1v) is 5.07. The highest BCUT2D eigenvalue weighted by Crippen LogP contribution is 2.46. The molecule has 104 valence electrons. The summed E-state index contributed by atoms with van der Waals surface area (Å²) < 4.78 is 19.6. The number of hydrogen-bond acceptors (Lipinski definition) is 7. The van der Waals surface area contributed by atoms with E-state index in [0.29, 0.717) is 0 Å². The SMILES string of the molecule is COC(=O)c1cc([N+](=O)[O-])c(OC)c(OC)c1OC. The zero-order valence-electron chi connectivity index (χ0n) is 10.9. The number of methoxy groups -OCH3 is 4. The number of nitrogens with zero attached hydrogens (tertiary/aromatic N) is 1. The van der Waals surface area contributed by atoms with Gasteiger partial charge in [-0.2, -0.15) is 0 Å². The predicted molar refractivity (Wildman–Crippen MR) is 64.1 cm³/mol. The van der Waals surface area contributed by atoms with Gasteiger partial charge in [-0.25, -0.2) is 4.79 Å². The average molecular weight is 271 g/mol. The lowest BCUT2D eigenvalue weighted by atomic mass is 10.1. The molecule has 0 bridgehead atoms. The Hall–Kier alpha value is -2.51. The Bertz CT molecular complexity index is 512. The van der Waals surface area contributed by atoms with Crippen LogP contribution in [0, 0.1) is 10.1 Å². The zero-order valence-corrected chi connectivity index (χ0v) is 10.9. The molecule has 8 heteroatoms. The van der Waals surface area contributed by atoms with Gasteiger partial charge in [0.25, 0.3) is 0 Å². The molecule has 1 aromatic rings. The molecule has 0 aliphatic carbocycles. The Kier molecular flexibility index (Phi) is 4.51. The summed E-state index contributed by atoms with van der Waals surface area (Å²) in [6.45, 7) is 0. The van der Waals surface area contributed by atoms with Crippen LogP contribution in [0.1, 0.15) is 10.4 Å². The van der Waals surface area contributed by atoms with E-state index in [1.54, 1.807) is 0 Å². The van der Waals surface area contributed by atoms with Gasteiger partial charge >= 0.3 is 11.7 Å². The Morgan fingerprint density at radius 1 is 1.05 bits per heavy atom. The first-order valence-electron chi connectivity index (χ1n) is 5.07. The fourth-order valence-electron chi connectivity index (χ4n) is 1.59. The maximum atomic E-state index is 11.6. The number of hydrogen-bond donors (Lipinski definition) is 0. The highest BCUT2D eigenvalue weighted by atomic mass is 16.6. The Labute approximate surface area is 109 Å². The van der Waals surface area contributed by atoms with Crippen LogP contribution in [0.4, 0.5) is 5.69 Å². The molecule has 0 aromatic heterocycles. The van der Waals surface area contributed by atoms with Gasteiger partial charge < -0.3 is 18.9 Å². The lowest BCUT2D eigenvalue weighted by Crippen LogP contribution is -2.08. The van der Waals surface area contributed by atoms with Gasteiger partial charge in [-0.05, 0) is 0 Å². The zero-order chi connectivity index (χ0) is 14.6. The summed E-state index contributed by atoms with van der Waals surface area (Å²) in [5, 5.41) is 11.0. The van der Waals surface area contributed by atoms with E-state index in [1.165, 1.54) is 21.3 Å². The van der Waals surface area contributed by atoms with Gasteiger partial charge in [0, 0.05) is 6.07 Å². The maximum Gasteiger partial charge on any atom is 0.342 e. The number of ether oxygens (including phenoxy) is 4. The summed E-state index contributed by atoms with van der Waals surface area (Å²) in [4.78, 5) is 21.9. The second-order valence-corrected chi connectivity index (χ2v) is 3.29. The molecule has 0 aliphatic rings. The van der Waals surface area contributed by atoms with Crippen molar-refractivity contribution in [3.8, 4) is 17.2 Å². The van der Waals surface area contributed by atoms with Crippen molar-refractivity contribution >= 4 is 11.7 Å². The van der Waals surface area contributed by atoms with Crippen LogP contribution in [0.2, 0.25) is 0 Å². The van der Waals surface area contributed by atoms with Gasteiger partial charge in [0.2, 0.25) is 11.5 Å². The van der Waals surface area contributed by atoms with Crippen molar-refractivity contribution in [1.29, 1.82) is 0 Å². The first kappa shape index (κ1) is 14.6. The third kappa shape index (κ3) is 2.51. The summed E-state index contributed by atoms with van der Waals surface area (Å²) in [5.41, 5.74) is -0.532. The number of esters is 1. The quantitative estimate of drug-likeness (QED) is 0.453. The van der Waals surface area contributed by atoms with Gasteiger partial charge in [0.05, 0.1) is 33.4 Å². The molecule has 0 N–H and O–H groups in total. The molecule has 0 fully saturated rings. The molecule has 0 amide bonds. The van der Waals surface area contributed by atoms with Gasteiger partial charge in [-0.1, -0.05) is 0 Å². The van der Waals surface area contributed by atoms with E-state index in [4.69, 9.17) is 14.2 Å². The number of nitro benzene ring substituents is 1. The first-order chi connectivity index (χ1) is 9.01. The van der Waals surface area contributed by atoms with Crippen molar-refractivity contribution in [1.82, 2.24) is 0 Å². The number of rotatable bonds is 5. The van der Waals surface area contributed by atoms with E-state index in [0.717, 1.165) is 13.2 Å². The van der Waals surface area contributed by atoms with Crippen LogP contribution in [-0.2, 0) is 4.74 Å². The summed E-state index contributed by atoms with van der Waals surface area (Å²) in [7, 11) is 4.99. The molecule has 8 nitrogen and oxygen atoms in total. The highest BCUT2D eigenvalue weighted by Gasteiger charge is 2.30. The Morgan fingerprint density at radius 2 is 1.58 bits per heavy atom. The van der Waals surface area contributed by atoms with E-state index < -0.39 is 16.6 Å². The molecule has 19 heavy (non-hydrogen) atoms. The number of nitro groups is 1. The second-order valence-electron chi connectivity index (χ2n) is 3.29. The molecular formula is C11H13NO7. The van der Waals surface area contributed by atoms with E-state index in [2.05, 4.69) is 4.74 Å². The van der Waals surface area contributed by atoms with Crippen LogP contribution in [0.15, 0.2) is 6.07 Å². The summed E-state index contributed by atoms with van der Waals surface area (Å²) in [6, 6.07) is 1.02. The molecule has 0 saturated heterocycles. The third-order valence-electron chi connectivity index (χ3n) is 2.39. The third-order valence-corrected chi connectivity index (χ3v) is 2.39. The lowest BCUT2D eigenvalue weighted by Gasteiger charge is -2.14. The van der Waals surface area contributed by atoms with Crippen molar-refractivity contribution < 1.29 is 28.7 Å². The van der Waals surface area contributed by atoms with Crippen LogP contribution in [-0.4, -0.2) is 39.3 Å². The van der Waals surface area contributed by atoms with Crippen LogP contribution < -0.4 is 14.2 Å². The standard InChI is InChI=1S/C11H13NO7/c1-16-8-6(11(13)19-4)5-7(12(14)15)9(17-2)10(8)18-3/h5H,1-4H3. The Balaban J connectivity index is 3.70. The van der Waals surface area contributed by atoms with Gasteiger partial charge in [0.15, 0.2) is 5.75 Å². The van der Waals surface area contributed by atoms with Gasteiger partial charge in [-0.3, -0.25) is 10.1 Å². The van der Waals surface area contributed by atoms with Crippen LogP contribution in [0.25, 0.3) is 0 Å². The molecule has 0 unspecified atom stereocenters. The van der Waals surface area contributed by atoms with E-state index >= 15 is 0 Å². The number of benzene rings is 1. The van der Waals surface area contributed by atoms with Crippen molar-refractivity contribution in [3.63, 3.8) is 0 Å². The van der Waals surface area contributed by atoms with E-state index in [9.17, 15) is 14.9 Å². The lowest BCUT2D eigenvalue weighted by molar-refractivity contribution is -0.385. The minimum absolute atomic E-state index is 0.0109. The van der Waals surface area contributed by atoms with Crippen molar-refractivity contribution in [3.05, 3.63) is 21.7 Å². The molecular weight excluding hydrogens is 258 g/mol. The fourth-order valence-corrected chi connectivity index (χ4v) is 1.59. The van der Waals surface area contributed by atoms with E-state index in [1.807, 2.05) is 0 Å². The Morgan fingerprint density at radius 3 is 1.95 bits per heavy atom. The molecule has 0 heterocycles. The predicted octanol–water partition coefficient (Wildman–Crippen LogP) is 1.41. The summed E-state index contributed by atoms with van der Waals surface area (Å²) in [6.07, 6.45) is 0. The minimum Gasteiger partial charge on any atom is -0.492 e. The normalized spacial score (nSPS) is 9.68. The second kappa shape index (κ2) is 5.89. The van der Waals surface area contributed by atoms with Crippen molar-refractivity contribution in [2.75, 3.05) is 28.4 Å². The molecule has 0 radical (unpaired) electrons. The average Bonchev–Trinajstić information content (AvgIpc) is 2.43. The smallest absolute Gasteiger partial charge is 0.342 e. The number of carbonyl (C=O) groups excluding carboxylic acids is 1. The largest absolute Gasteiger partial charge is 0.492 e. The topological polar surface area (TPSA) is 97.1 Å². The maximum absolute atomic E-state index is 11.6. The minimum atomic E-state index is -0.777. The summed E-state index contributed by atoms with van der Waals surface area (Å²) in [5.74, 6) is -0.936. The number of carbonyl (C=O) groups is 1.